The highest BCUT2D eigenvalue weighted by atomic mass is 16.1. The molecular formula is C17H23N3O. The minimum Gasteiger partial charge on any atom is -0.349 e. The average Bonchev–Trinajstić information content (AvgIpc) is 3.03. The van der Waals surface area contributed by atoms with Crippen molar-refractivity contribution >= 4 is 16.9 Å². The largest absolute Gasteiger partial charge is 0.349 e. The summed E-state index contributed by atoms with van der Waals surface area (Å²) < 4.78 is 2.20. The third-order valence-corrected chi connectivity index (χ3v) is 4.33. The minimum absolute atomic E-state index is 0.0283. The van der Waals surface area contributed by atoms with Crippen molar-refractivity contribution in [3.63, 3.8) is 0 Å². The smallest absolute Gasteiger partial charge is 0.251 e. The van der Waals surface area contributed by atoms with E-state index in [0.29, 0.717) is 17.6 Å². The second kappa shape index (κ2) is 5.51. The number of carbonyl (C=O) groups excluding carboxylic acids is 1. The molecule has 1 heterocycles. The Morgan fingerprint density at radius 1 is 1.33 bits per heavy atom. The van der Waals surface area contributed by atoms with E-state index in [1.165, 1.54) is 12.8 Å². The third kappa shape index (κ3) is 2.67. The van der Waals surface area contributed by atoms with E-state index >= 15 is 0 Å². The predicted molar refractivity (Wildman–Crippen MR) is 84.6 cm³/mol. The Kier molecular flexibility index (Phi) is 3.70. The van der Waals surface area contributed by atoms with Gasteiger partial charge in [0.1, 0.15) is 5.82 Å². The number of hydrogen-bond acceptors (Lipinski definition) is 2. The van der Waals surface area contributed by atoms with Crippen LogP contribution in [0.15, 0.2) is 18.2 Å². The molecule has 0 radical (unpaired) electrons. The first-order valence-electron chi connectivity index (χ1n) is 7.85. The molecule has 0 aliphatic heterocycles. The number of benzene rings is 1. The minimum atomic E-state index is 0.0283. The van der Waals surface area contributed by atoms with E-state index in [4.69, 9.17) is 0 Å². The molecule has 4 nitrogen and oxygen atoms in total. The summed E-state index contributed by atoms with van der Waals surface area (Å²) in [6.07, 6.45) is 4.66. The number of aryl methyl sites for hydroxylation is 1. The van der Waals surface area contributed by atoms with Gasteiger partial charge in [-0.1, -0.05) is 12.8 Å². The molecule has 1 fully saturated rings. The van der Waals surface area contributed by atoms with Gasteiger partial charge in [0, 0.05) is 17.6 Å². The van der Waals surface area contributed by atoms with E-state index < -0.39 is 0 Å². The molecule has 0 spiro atoms. The summed E-state index contributed by atoms with van der Waals surface area (Å²) in [5.41, 5.74) is 2.71. The quantitative estimate of drug-likeness (QED) is 0.936. The fourth-order valence-corrected chi connectivity index (χ4v) is 3.35. The number of nitrogens with zero attached hydrogens (tertiary/aromatic N) is 2. The number of imidazole rings is 1. The average molecular weight is 285 g/mol. The van der Waals surface area contributed by atoms with Crippen LogP contribution < -0.4 is 5.32 Å². The van der Waals surface area contributed by atoms with Crippen molar-refractivity contribution < 1.29 is 4.79 Å². The fraction of sp³-hybridized carbons (Fsp3) is 0.529. The monoisotopic (exact) mass is 285 g/mol. The molecule has 21 heavy (non-hydrogen) atoms. The molecule has 0 bridgehead atoms. The summed E-state index contributed by atoms with van der Waals surface area (Å²) in [5.74, 6) is 1.02. The lowest BCUT2D eigenvalue weighted by atomic mass is 10.1. The van der Waals surface area contributed by atoms with Gasteiger partial charge in [-0.2, -0.15) is 0 Å². The van der Waals surface area contributed by atoms with Crippen LogP contribution in [0.1, 0.15) is 61.8 Å². The molecule has 0 saturated heterocycles. The molecular weight excluding hydrogens is 262 g/mol. The van der Waals surface area contributed by atoms with Crippen LogP contribution in [-0.2, 0) is 0 Å². The summed E-state index contributed by atoms with van der Waals surface area (Å²) in [6.45, 7) is 6.31. The van der Waals surface area contributed by atoms with Crippen LogP contribution in [-0.4, -0.2) is 21.5 Å². The maximum Gasteiger partial charge on any atom is 0.251 e. The number of amides is 1. The van der Waals surface area contributed by atoms with E-state index in [1.807, 2.05) is 25.1 Å². The van der Waals surface area contributed by atoms with Crippen molar-refractivity contribution in [2.75, 3.05) is 0 Å². The van der Waals surface area contributed by atoms with Crippen LogP contribution in [0.2, 0.25) is 0 Å². The maximum absolute atomic E-state index is 12.3. The van der Waals surface area contributed by atoms with E-state index in [-0.39, 0.29) is 5.91 Å². The van der Waals surface area contributed by atoms with Crippen LogP contribution in [0, 0.1) is 6.92 Å². The molecule has 112 valence electrons. The molecule has 1 N–H and O–H groups in total. The number of carbonyl (C=O) groups is 1. The molecule has 2 aromatic rings. The molecule has 1 aromatic heterocycles. The SMILES string of the molecule is Cc1nc2cc(C(=O)NC3CCCC3)ccc2n1C(C)C. The van der Waals surface area contributed by atoms with Crippen LogP contribution >= 0.6 is 0 Å². The Labute approximate surface area is 125 Å². The van der Waals surface area contributed by atoms with Gasteiger partial charge in [0.25, 0.3) is 5.91 Å². The highest BCUT2D eigenvalue weighted by molar-refractivity contribution is 5.97. The fourth-order valence-electron chi connectivity index (χ4n) is 3.35. The highest BCUT2D eigenvalue weighted by Gasteiger charge is 2.19. The number of nitrogens with one attached hydrogen (secondary N) is 1. The van der Waals surface area contributed by atoms with Gasteiger partial charge in [-0.15, -0.1) is 0 Å². The van der Waals surface area contributed by atoms with Gasteiger partial charge in [-0.3, -0.25) is 4.79 Å². The lowest BCUT2D eigenvalue weighted by molar-refractivity contribution is 0.0938. The van der Waals surface area contributed by atoms with Crippen molar-refractivity contribution in [3.8, 4) is 0 Å². The standard InChI is InChI=1S/C17H23N3O/c1-11(2)20-12(3)18-15-10-13(8-9-16(15)20)17(21)19-14-6-4-5-7-14/h8-11,14H,4-7H2,1-3H3,(H,19,21). The van der Waals surface area contributed by atoms with E-state index in [1.54, 1.807) is 0 Å². The van der Waals surface area contributed by atoms with Crippen LogP contribution in [0.4, 0.5) is 0 Å². The first-order chi connectivity index (χ1) is 10.1. The summed E-state index contributed by atoms with van der Waals surface area (Å²) in [6, 6.07) is 6.55. The normalized spacial score (nSPS) is 16.0. The van der Waals surface area contributed by atoms with Crippen molar-refractivity contribution in [2.45, 2.75) is 58.5 Å². The van der Waals surface area contributed by atoms with Crippen LogP contribution in [0.5, 0.6) is 0 Å². The van der Waals surface area contributed by atoms with Crippen molar-refractivity contribution in [1.29, 1.82) is 0 Å². The third-order valence-electron chi connectivity index (χ3n) is 4.33. The van der Waals surface area contributed by atoms with Crippen LogP contribution in [0.3, 0.4) is 0 Å². The second-order valence-electron chi connectivity index (χ2n) is 6.28. The lowest BCUT2D eigenvalue weighted by Gasteiger charge is -2.12. The summed E-state index contributed by atoms with van der Waals surface area (Å²) >= 11 is 0. The molecule has 1 aliphatic carbocycles. The summed E-state index contributed by atoms with van der Waals surface area (Å²) in [7, 11) is 0. The highest BCUT2D eigenvalue weighted by Crippen LogP contribution is 2.22. The number of rotatable bonds is 3. The molecule has 4 heteroatoms. The van der Waals surface area contributed by atoms with E-state index in [2.05, 4.69) is 28.7 Å². The van der Waals surface area contributed by atoms with E-state index in [9.17, 15) is 4.79 Å². The summed E-state index contributed by atoms with van der Waals surface area (Å²) in [5, 5.41) is 3.13. The van der Waals surface area contributed by atoms with Gasteiger partial charge in [0.15, 0.2) is 0 Å². The first kappa shape index (κ1) is 14.1. The van der Waals surface area contributed by atoms with Gasteiger partial charge in [-0.25, -0.2) is 4.98 Å². The second-order valence-corrected chi connectivity index (χ2v) is 6.28. The topological polar surface area (TPSA) is 46.9 Å². The van der Waals surface area contributed by atoms with Gasteiger partial charge in [0.2, 0.25) is 0 Å². The summed E-state index contributed by atoms with van der Waals surface area (Å²) in [4.78, 5) is 16.9. The molecule has 1 saturated carbocycles. The number of hydrogen-bond donors (Lipinski definition) is 1. The zero-order chi connectivity index (χ0) is 15.0. The van der Waals surface area contributed by atoms with Crippen molar-refractivity contribution in [2.24, 2.45) is 0 Å². The zero-order valence-electron chi connectivity index (χ0n) is 13.0. The molecule has 3 rings (SSSR count). The van der Waals surface area contributed by atoms with Gasteiger partial charge < -0.3 is 9.88 Å². The Hall–Kier alpha value is -1.84. The number of fused-ring (bicyclic) bond motifs is 1. The zero-order valence-corrected chi connectivity index (χ0v) is 13.0. The van der Waals surface area contributed by atoms with Gasteiger partial charge in [-0.05, 0) is 51.8 Å². The molecule has 1 amide bonds. The predicted octanol–water partition coefficient (Wildman–Crippen LogP) is 3.60. The Morgan fingerprint density at radius 3 is 2.71 bits per heavy atom. The Balaban J connectivity index is 1.88. The molecule has 1 aromatic carbocycles. The van der Waals surface area contributed by atoms with Crippen LogP contribution in [0.25, 0.3) is 11.0 Å². The number of aromatic nitrogens is 2. The Bertz CT molecular complexity index is 666. The molecule has 0 atom stereocenters. The molecule has 1 aliphatic rings. The lowest BCUT2D eigenvalue weighted by Crippen LogP contribution is -2.32. The van der Waals surface area contributed by atoms with Gasteiger partial charge >= 0.3 is 0 Å². The maximum atomic E-state index is 12.3. The molecule has 0 unspecified atom stereocenters. The van der Waals surface area contributed by atoms with Crippen molar-refractivity contribution in [3.05, 3.63) is 29.6 Å². The van der Waals surface area contributed by atoms with Crippen molar-refractivity contribution in [1.82, 2.24) is 14.9 Å². The van der Waals surface area contributed by atoms with E-state index in [0.717, 1.165) is 29.7 Å². The first-order valence-corrected chi connectivity index (χ1v) is 7.85. The van der Waals surface area contributed by atoms with Gasteiger partial charge in [0.05, 0.1) is 11.0 Å². The Morgan fingerprint density at radius 2 is 2.05 bits per heavy atom.